The number of nitrogen functional groups attached to an aromatic ring is 1. The zero-order chi connectivity index (χ0) is 12.7. The Bertz CT molecular complexity index is 527. The molecule has 0 fully saturated rings. The third kappa shape index (κ3) is 2.47. The van der Waals surface area contributed by atoms with Gasteiger partial charge in [0.1, 0.15) is 0 Å². The number of primary sulfonamides is 1. The third-order valence-corrected chi connectivity index (χ3v) is 3.77. The summed E-state index contributed by atoms with van der Waals surface area (Å²) in [6.45, 7) is 0. The first kappa shape index (κ1) is 13.3. The van der Waals surface area contributed by atoms with Gasteiger partial charge in [0, 0.05) is 5.69 Å². The lowest BCUT2D eigenvalue weighted by molar-refractivity contribution is -0.137. The number of hydrogen-bond donors (Lipinski definition) is 2. The van der Waals surface area contributed by atoms with Crippen molar-refractivity contribution in [2.24, 2.45) is 5.14 Å². The molecule has 0 aliphatic heterocycles. The lowest BCUT2D eigenvalue weighted by Gasteiger charge is -2.14. The second-order valence-electron chi connectivity index (χ2n) is 2.88. The quantitative estimate of drug-likeness (QED) is 0.773. The molecule has 0 radical (unpaired) electrons. The summed E-state index contributed by atoms with van der Waals surface area (Å²) in [6.07, 6.45) is -4.76. The first-order valence-corrected chi connectivity index (χ1v) is 6.07. The summed E-state index contributed by atoms with van der Waals surface area (Å²) in [5, 5.41) is 4.75. The summed E-state index contributed by atoms with van der Waals surface area (Å²) in [4.78, 5) is -0.658. The van der Waals surface area contributed by atoms with E-state index in [9.17, 15) is 21.6 Å². The van der Waals surface area contributed by atoms with Crippen LogP contribution >= 0.6 is 15.9 Å². The fraction of sp³-hybridized carbons (Fsp3) is 0.143. The number of anilines is 1. The van der Waals surface area contributed by atoms with Crippen LogP contribution in [-0.4, -0.2) is 8.42 Å². The largest absolute Gasteiger partial charge is 0.419 e. The lowest BCUT2D eigenvalue weighted by Crippen LogP contribution is -2.17. The molecule has 0 unspecified atom stereocenters. The molecule has 0 aliphatic carbocycles. The Morgan fingerprint density at radius 2 is 1.75 bits per heavy atom. The normalized spacial score (nSPS) is 12.8. The zero-order valence-corrected chi connectivity index (χ0v) is 9.95. The minimum atomic E-state index is -4.76. The summed E-state index contributed by atoms with van der Waals surface area (Å²) >= 11 is 2.54. The highest BCUT2D eigenvalue weighted by atomic mass is 79.9. The van der Waals surface area contributed by atoms with Crippen molar-refractivity contribution in [3.8, 4) is 0 Å². The molecule has 0 spiro atoms. The van der Waals surface area contributed by atoms with E-state index in [1.807, 2.05) is 0 Å². The summed E-state index contributed by atoms with van der Waals surface area (Å²) < 4.78 is 58.9. The Hall–Kier alpha value is -0.800. The van der Waals surface area contributed by atoms with Crippen molar-refractivity contribution >= 4 is 31.6 Å². The number of alkyl halides is 3. The Morgan fingerprint density at radius 3 is 2.12 bits per heavy atom. The summed E-state index contributed by atoms with van der Waals surface area (Å²) in [7, 11) is -4.24. The maximum Gasteiger partial charge on any atom is 0.419 e. The van der Waals surface area contributed by atoms with Crippen molar-refractivity contribution in [3.05, 3.63) is 22.2 Å². The zero-order valence-electron chi connectivity index (χ0n) is 7.55. The maximum absolute atomic E-state index is 12.5. The second-order valence-corrected chi connectivity index (χ2v) is 5.21. The van der Waals surface area contributed by atoms with Gasteiger partial charge < -0.3 is 5.73 Å². The van der Waals surface area contributed by atoms with E-state index in [0.717, 1.165) is 12.1 Å². The van der Waals surface area contributed by atoms with Gasteiger partial charge in [-0.1, -0.05) is 0 Å². The Balaban J connectivity index is 3.65. The number of nitrogens with two attached hydrogens (primary N) is 2. The molecule has 0 saturated carbocycles. The highest BCUT2D eigenvalue weighted by molar-refractivity contribution is 9.10. The molecule has 1 rings (SSSR count). The molecule has 0 saturated heterocycles. The van der Waals surface area contributed by atoms with E-state index in [2.05, 4.69) is 15.9 Å². The van der Waals surface area contributed by atoms with E-state index in [4.69, 9.17) is 10.9 Å². The summed E-state index contributed by atoms with van der Waals surface area (Å²) in [5.41, 5.74) is 3.31. The van der Waals surface area contributed by atoms with Crippen LogP contribution in [0.15, 0.2) is 21.5 Å². The molecule has 0 atom stereocenters. The van der Waals surface area contributed by atoms with Crippen molar-refractivity contribution in [3.63, 3.8) is 0 Å². The van der Waals surface area contributed by atoms with Crippen molar-refractivity contribution in [2.45, 2.75) is 11.1 Å². The number of halogens is 4. The van der Waals surface area contributed by atoms with Crippen LogP contribution in [0.5, 0.6) is 0 Å². The lowest BCUT2D eigenvalue weighted by atomic mass is 10.2. The van der Waals surface area contributed by atoms with E-state index < -0.39 is 36.8 Å². The minimum Gasteiger partial charge on any atom is -0.398 e. The average molecular weight is 319 g/mol. The van der Waals surface area contributed by atoms with Gasteiger partial charge in [0.25, 0.3) is 0 Å². The van der Waals surface area contributed by atoms with Gasteiger partial charge in [0.05, 0.1) is 14.9 Å². The SMILES string of the molecule is Nc1ccc(S(N)(=O)=O)c(Br)c1C(F)(F)F. The maximum atomic E-state index is 12.5. The van der Waals surface area contributed by atoms with Crippen LogP contribution in [0.25, 0.3) is 0 Å². The number of rotatable bonds is 1. The standard InChI is InChI=1S/C7H6BrF3N2O2S/c8-6-4(16(13,14)15)2-1-3(12)5(6)7(9,10)11/h1-2H,12H2,(H2,13,14,15). The smallest absolute Gasteiger partial charge is 0.398 e. The molecule has 1 aromatic carbocycles. The van der Waals surface area contributed by atoms with E-state index >= 15 is 0 Å². The molecule has 9 heteroatoms. The molecular formula is C7H6BrF3N2O2S. The van der Waals surface area contributed by atoms with Crippen LogP contribution in [0, 0.1) is 0 Å². The van der Waals surface area contributed by atoms with Gasteiger partial charge in [0.2, 0.25) is 10.0 Å². The average Bonchev–Trinajstić information content (AvgIpc) is 1.97. The molecule has 4 nitrogen and oxygen atoms in total. The van der Waals surface area contributed by atoms with Gasteiger partial charge in [-0.05, 0) is 28.1 Å². The molecule has 1 aromatic rings. The van der Waals surface area contributed by atoms with Crippen LogP contribution in [0.4, 0.5) is 18.9 Å². The van der Waals surface area contributed by atoms with E-state index in [1.54, 1.807) is 0 Å². The van der Waals surface area contributed by atoms with Crippen molar-refractivity contribution < 1.29 is 21.6 Å². The number of sulfonamides is 1. The van der Waals surface area contributed by atoms with E-state index in [-0.39, 0.29) is 0 Å². The van der Waals surface area contributed by atoms with Crippen molar-refractivity contribution in [1.82, 2.24) is 0 Å². The Labute approximate surface area is 97.6 Å². The van der Waals surface area contributed by atoms with Gasteiger partial charge >= 0.3 is 6.18 Å². The predicted octanol–water partition coefficient (Wildman–Crippen LogP) is 1.70. The molecule has 0 aromatic heterocycles. The first-order chi connectivity index (χ1) is 7.05. The Kier molecular flexibility index (Phi) is 3.23. The summed E-state index contributed by atoms with van der Waals surface area (Å²) in [6, 6.07) is 1.75. The van der Waals surface area contributed by atoms with Gasteiger partial charge in [-0.25, -0.2) is 13.6 Å². The predicted molar refractivity (Wildman–Crippen MR) is 54.9 cm³/mol. The molecule has 0 amide bonds. The molecule has 0 heterocycles. The van der Waals surface area contributed by atoms with Crippen LogP contribution in [0.1, 0.15) is 5.56 Å². The molecule has 90 valence electrons. The molecule has 0 bridgehead atoms. The monoisotopic (exact) mass is 318 g/mol. The van der Waals surface area contributed by atoms with Crippen LogP contribution in [-0.2, 0) is 16.2 Å². The topological polar surface area (TPSA) is 86.2 Å². The Morgan fingerprint density at radius 1 is 1.25 bits per heavy atom. The van der Waals surface area contributed by atoms with Crippen molar-refractivity contribution in [1.29, 1.82) is 0 Å². The van der Waals surface area contributed by atoms with Crippen LogP contribution in [0.3, 0.4) is 0 Å². The minimum absolute atomic E-state index is 0.577. The highest BCUT2D eigenvalue weighted by Crippen LogP contribution is 2.41. The van der Waals surface area contributed by atoms with Crippen LogP contribution < -0.4 is 10.9 Å². The molecular weight excluding hydrogens is 313 g/mol. The van der Waals surface area contributed by atoms with Gasteiger partial charge in [0.15, 0.2) is 0 Å². The molecule has 0 aliphatic rings. The third-order valence-electron chi connectivity index (χ3n) is 1.73. The summed E-state index contributed by atoms with van der Waals surface area (Å²) in [5.74, 6) is 0. The molecule has 4 N–H and O–H groups in total. The van der Waals surface area contributed by atoms with Crippen molar-refractivity contribution in [2.75, 3.05) is 5.73 Å². The number of hydrogen-bond acceptors (Lipinski definition) is 3. The second kappa shape index (κ2) is 3.90. The highest BCUT2D eigenvalue weighted by Gasteiger charge is 2.37. The van der Waals surface area contributed by atoms with E-state index in [0.29, 0.717) is 0 Å². The van der Waals surface area contributed by atoms with Crippen LogP contribution in [0.2, 0.25) is 0 Å². The van der Waals surface area contributed by atoms with Gasteiger partial charge in [-0.2, -0.15) is 13.2 Å². The van der Waals surface area contributed by atoms with Gasteiger partial charge in [-0.3, -0.25) is 0 Å². The fourth-order valence-corrected chi connectivity index (χ4v) is 2.95. The molecule has 16 heavy (non-hydrogen) atoms. The van der Waals surface area contributed by atoms with Gasteiger partial charge in [-0.15, -0.1) is 0 Å². The number of benzene rings is 1. The van der Waals surface area contributed by atoms with E-state index in [1.165, 1.54) is 0 Å². The fourth-order valence-electron chi connectivity index (χ4n) is 1.08. The first-order valence-electron chi connectivity index (χ1n) is 3.73.